The molecule has 2 heterocycles. The van der Waals surface area contributed by atoms with Gasteiger partial charge in [0.15, 0.2) is 0 Å². The van der Waals surface area contributed by atoms with Crippen LogP contribution in [0.25, 0.3) is 0 Å². The molecule has 1 atom stereocenters. The second-order valence-corrected chi connectivity index (χ2v) is 6.69. The quantitative estimate of drug-likeness (QED) is 0.926. The molecule has 1 amide bonds. The lowest BCUT2D eigenvalue weighted by atomic mass is 10.1. The summed E-state index contributed by atoms with van der Waals surface area (Å²) in [4.78, 5) is 17.0. The normalized spacial score (nSPS) is 22.0. The summed E-state index contributed by atoms with van der Waals surface area (Å²) < 4.78 is 0. The predicted octanol–water partition coefficient (Wildman–Crippen LogP) is 1.95. The predicted molar refractivity (Wildman–Crippen MR) is 90.4 cm³/mol. The van der Waals surface area contributed by atoms with Crippen LogP contribution in [-0.4, -0.2) is 49.6 Å². The number of para-hydroxylation sites is 2. The number of likely N-dealkylation sites (N-methyl/N-ethyl adjacent to an activating group) is 1. The van der Waals surface area contributed by atoms with Crippen LogP contribution in [0.3, 0.4) is 0 Å². The molecule has 2 aliphatic rings. The standard InChI is InChI=1S/C16H23N3OS/c1-2-18-8-9-19(15-6-4-3-5-14(15)18)16(20)11-13-12-21-10-7-17-13/h3-6,13,17H,2,7-12H2,1H3. The van der Waals surface area contributed by atoms with Crippen molar-refractivity contribution in [3.8, 4) is 0 Å². The highest BCUT2D eigenvalue weighted by Gasteiger charge is 2.27. The maximum Gasteiger partial charge on any atom is 0.228 e. The molecule has 0 saturated carbocycles. The second-order valence-electron chi connectivity index (χ2n) is 5.54. The number of amides is 1. The summed E-state index contributed by atoms with van der Waals surface area (Å²) in [6, 6.07) is 8.58. The summed E-state index contributed by atoms with van der Waals surface area (Å²) in [5.41, 5.74) is 2.25. The van der Waals surface area contributed by atoms with E-state index in [1.54, 1.807) is 0 Å². The van der Waals surface area contributed by atoms with Crippen LogP contribution in [-0.2, 0) is 4.79 Å². The summed E-state index contributed by atoms with van der Waals surface area (Å²) in [7, 11) is 0. The zero-order valence-corrected chi connectivity index (χ0v) is 13.4. The van der Waals surface area contributed by atoms with Crippen LogP contribution in [0, 0.1) is 0 Å². The number of rotatable bonds is 3. The molecule has 1 aromatic carbocycles. The zero-order valence-electron chi connectivity index (χ0n) is 12.5. The van der Waals surface area contributed by atoms with E-state index >= 15 is 0 Å². The van der Waals surface area contributed by atoms with E-state index in [9.17, 15) is 4.79 Å². The molecule has 1 fully saturated rings. The number of nitrogens with zero attached hydrogens (tertiary/aromatic N) is 2. The Bertz CT molecular complexity index is 502. The number of thioether (sulfide) groups is 1. The third-order valence-electron chi connectivity index (χ3n) is 4.21. The van der Waals surface area contributed by atoms with E-state index in [2.05, 4.69) is 35.3 Å². The van der Waals surface area contributed by atoms with E-state index in [0.717, 1.165) is 43.4 Å². The maximum absolute atomic E-state index is 12.7. The fourth-order valence-electron chi connectivity index (χ4n) is 3.08. The molecule has 0 radical (unpaired) electrons. The SMILES string of the molecule is CCN1CCN(C(=O)CC2CSCCN2)c2ccccc21. The van der Waals surface area contributed by atoms with Crippen LogP contribution in [0.1, 0.15) is 13.3 Å². The Balaban J connectivity index is 1.74. The molecule has 0 aromatic heterocycles. The largest absolute Gasteiger partial charge is 0.368 e. The number of anilines is 2. The van der Waals surface area contributed by atoms with Gasteiger partial charge in [0.2, 0.25) is 5.91 Å². The Morgan fingerprint density at radius 1 is 1.33 bits per heavy atom. The topological polar surface area (TPSA) is 35.6 Å². The Labute approximate surface area is 130 Å². The minimum atomic E-state index is 0.248. The third-order valence-corrected chi connectivity index (χ3v) is 5.34. The van der Waals surface area contributed by atoms with Crippen LogP contribution in [0.2, 0.25) is 0 Å². The van der Waals surface area contributed by atoms with Gasteiger partial charge in [-0.2, -0.15) is 11.8 Å². The van der Waals surface area contributed by atoms with Crippen molar-refractivity contribution in [2.75, 3.05) is 47.5 Å². The molecule has 2 aliphatic heterocycles. The summed E-state index contributed by atoms with van der Waals surface area (Å²) in [5.74, 6) is 2.45. The molecular weight excluding hydrogens is 282 g/mol. The Hall–Kier alpha value is -1.20. The molecule has 5 heteroatoms. The highest BCUT2D eigenvalue weighted by Crippen LogP contribution is 2.33. The number of carbonyl (C=O) groups is 1. The number of nitrogens with one attached hydrogen (secondary N) is 1. The Morgan fingerprint density at radius 2 is 2.14 bits per heavy atom. The van der Waals surface area contributed by atoms with Gasteiger partial charge in [-0.05, 0) is 19.1 Å². The number of carbonyl (C=O) groups excluding carboxylic acids is 1. The van der Waals surface area contributed by atoms with Gasteiger partial charge in [-0.15, -0.1) is 0 Å². The molecule has 1 unspecified atom stereocenters. The van der Waals surface area contributed by atoms with Gasteiger partial charge < -0.3 is 15.1 Å². The van der Waals surface area contributed by atoms with Crippen molar-refractivity contribution in [2.24, 2.45) is 0 Å². The lowest BCUT2D eigenvalue weighted by molar-refractivity contribution is -0.119. The van der Waals surface area contributed by atoms with Gasteiger partial charge in [0.05, 0.1) is 11.4 Å². The van der Waals surface area contributed by atoms with E-state index in [-0.39, 0.29) is 5.91 Å². The van der Waals surface area contributed by atoms with Crippen molar-refractivity contribution in [1.29, 1.82) is 0 Å². The van der Waals surface area contributed by atoms with Gasteiger partial charge in [0, 0.05) is 50.1 Å². The Morgan fingerprint density at radius 3 is 2.86 bits per heavy atom. The molecule has 0 spiro atoms. The zero-order chi connectivity index (χ0) is 14.7. The van der Waals surface area contributed by atoms with Crippen LogP contribution in [0.5, 0.6) is 0 Å². The van der Waals surface area contributed by atoms with Gasteiger partial charge >= 0.3 is 0 Å². The molecule has 3 rings (SSSR count). The molecule has 0 bridgehead atoms. The maximum atomic E-state index is 12.7. The van der Waals surface area contributed by atoms with Gasteiger partial charge in [-0.3, -0.25) is 4.79 Å². The molecule has 1 N–H and O–H groups in total. The minimum Gasteiger partial charge on any atom is -0.368 e. The van der Waals surface area contributed by atoms with Gasteiger partial charge in [-0.25, -0.2) is 0 Å². The summed E-state index contributed by atoms with van der Waals surface area (Å²) in [5, 5.41) is 3.45. The lowest BCUT2D eigenvalue weighted by Crippen LogP contribution is -2.47. The molecule has 1 aromatic rings. The third kappa shape index (κ3) is 3.19. The number of hydrogen-bond acceptors (Lipinski definition) is 4. The van der Waals surface area contributed by atoms with E-state index in [0.29, 0.717) is 12.5 Å². The summed E-state index contributed by atoms with van der Waals surface area (Å²) >= 11 is 1.94. The van der Waals surface area contributed by atoms with Crippen LogP contribution >= 0.6 is 11.8 Å². The first-order chi connectivity index (χ1) is 10.3. The molecule has 1 saturated heterocycles. The molecule has 114 valence electrons. The number of benzene rings is 1. The first-order valence-corrected chi connectivity index (χ1v) is 8.90. The average molecular weight is 305 g/mol. The lowest BCUT2D eigenvalue weighted by Gasteiger charge is -2.38. The van der Waals surface area contributed by atoms with Gasteiger partial charge in [0.25, 0.3) is 0 Å². The first-order valence-electron chi connectivity index (χ1n) is 7.75. The summed E-state index contributed by atoms with van der Waals surface area (Å²) in [6.07, 6.45) is 0.605. The first kappa shape index (κ1) is 14.7. The van der Waals surface area contributed by atoms with E-state index in [1.165, 1.54) is 5.69 Å². The van der Waals surface area contributed by atoms with E-state index in [4.69, 9.17) is 0 Å². The minimum absolute atomic E-state index is 0.248. The van der Waals surface area contributed by atoms with Crippen molar-refractivity contribution in [3.05, 3.63) is 24.3 Å². The summed E-state index contributed by atoms with van der Waals surface area (Å²) in [6.45, 7) is 5.88. The van der Waals surface area contributed by atoms with Crippen LogP contribution in [0.4, 0.5) is 11.4 Å². The van der Waals surface area contributed by atoms with Gasteiger partial charge in [0.1, 0.15) is 0 Å². The second kappa shape index (κ2) is 6.71. The van der Waals surface area contributed by atoms with Crippen molar-refractivity contribution >= 4 is 29.0 Å². The van der Waals surface area contributed by atoms with Crippen LogP contribution in [0.15, 0.2) is 24.3 Å². The fourth-order valence-corrected chi connectivity index (χ4v) is 4.03. The number of hydrogen-bond donors (Lipinski definition) is 1. The van der Waals surface area contributed by atoms with Crippen LogP contribution < -0.4 is 15.1 Å². The molecular formula is C16H23N3OS. The molecule has 4 nitrogen and oxygen atoms in total. The van der Waals surface area contributed by atoms with E-state index < -0.39 is 0 Å². The van der Waals surface area contributed by atoms with Crippen molar-refractivity contribution in [1.82, 2.24) is 5.32 Å². The molecule has 21 heavy (non-hydrogen) atoms. The van der Waals surface area contributed by atoms with Crippen molar-refractivity contribution in [3.63, 3.8) is 0 Å². The van der Waals surface area contributed by atoms with Crippen molar-refractivity contribution in [2.45, 2.75) is 19.4 Å². The van der Waals surface area contributed by atoms with Gasteiger partial charge in [-0.1, -0.05) is 12.1 Å². The molecule has 0 aliphatic carbocycles. The fraction of sp³-hybridized carbons (Fsp3) is 0.562. The highest BCUT2D eigenvalue weighted by molar-refractivity contribution is 7.99. The number of fused-ring (bicyclic) bond motifs is 1. The smallest absolute Gasteiger partial charge is 0.228 e. The monoisotopic (exact) mass is 305 g/mol. The average Bonchev–Trinajstić information content (AvgIpc) is 2.54. The van der Waals surface area contributed by atoms with E-state index in [1.807, 2.05) is 22.7 Å². The highest BCUT2D eigenvalue weighted by atomic mass is 32.2. The van der Waals surface area contributed by atoms with Crippen molar-refractivity contribution < 1.29 is 4.79 Å². The Kier molecular flexibility index (Phi) is 4.70.